The molecule has 0 aliphatic carbocycles. The van der Waals surface area contributed by atoms with Crippen molar-refractivity contribution >= 4 is 23.3 Å². The first-order valence-corrected chi connectivity index (χ1v) is 9.38. The Morgan fingerprint density at radius 3 is 2.34 bits per heavy atom. The van der Waals surface area contributed by atoms with Crippen LogP contribution in [0.15, 0.2) is 48.7 Å². The smallest absolute Gasteiger partial charge is 0.294 e. The highest BCUT2D eigenvalue weighted by Crippen LogP contribution is 2.33. The quantitative estimate of drug-likeness (QED) is 0.462. The third-order valence-electron chi connectivity index (χ3n) is 4.59. The van der Waals surface area contributed by atoms with Gasteiger partial charge in [-0.05, 0) is 35.9 Å². The van der Waals surface area contributed by atoms with Crippen LogP contribution < -0.4 is 11.1 Å². The van der Waals surface area contributed by atoms with Crippen molar-refractivity contribution in [1.82, 2.24) is 10.3 Å². The zero-order chi connectivity index (χ0) is 23.6. The fraction of sp³-hybridized carbons (Fsp3) is 0.143. The summed E-state index contributed by atoms with van der Waals surface area (Å²) in [5.41, 5.74) is 3.59. The van der Waals surface area contributed by atoms with Crippen molar-refractivity contribution < 1.29 is 31.9 Å². The molecule has 1 unspecified atom stereocenters. The van der Waals surface area contributed by atoms with Gasteiger partial charge in [0.05, 0.1) is 17.1 Å². The number of alkyl halides is 2. The number of aliphatic hydroxyl groups is 1. The second-order valence-electron chi connectivity index (χ2n) is 6.74. The van der Waals surface area contributed by atoms with Crippen molar-refractivity contribution in [2.24, 2.45) is 0 Å². The molecule has 2 aromatic carbocycles. The molecule has 0 radical (unpaired) electrons. The molecule has 32 heavy (non-hydrogen) atoms. The maximum atomic E-state index is 15.0. The molecular weight excluding hydrogens is 457 g/mol. The van der Waals surface area contributed by atoms with Gasteiger partial charge in [-0.1, -0.05) is 23.7 Å². The average Bonchev–Trinajstić information content (AvgIpc) is 2.75. The number of anilines is 1. The van der Waals surface area contributed by atoms with Gasteiger partial charge in [0.2, 0.25) is 0 Å². The molecule has 0 aliphatic rings. The maximum absolute atomic E-state index is 15.0. The minimum Gasteiger partial charge on any atom is -0.382 e. The number of aliphatic hydroxyl groups excluding tert-OH is 1. The van der Waals surface area contributed by atoms with E-state index in [1.807, 2.05) is 5.32 Å². The lowest BCUT2D eigenvalue weighted by Crippen LogP contribution is -2.41. The fourth-order valence-electron chi connectivity index (χ4n) is 2.91. The van der Waals surface area contributed by atoms with Gasteiger partial charge in [-0.2, -0.15) is 0 Å². The molecule has 1 amide bonds. The van der Waals surface area contributed by atoms with Gasteiger partial charge in [-0.3, -0.25) is 4.79 Å². The first kappa shape index (κ1) is 23.4. The normalized spacial score (nSPS) is 12.5. The van der Waals surface area contributed by atoms with E-state index in [4.69, 9.17) is 17.3 Å². The van der Waals surface area contributed by atoms with Gasteiger partial charge in [0, 0.05) is 17.3 Å². The van der Waals surface area contributed by atoms with Crippen LogP contribution >= 0.6 is 11.6 Å². The Morgan fingerprint density at radius 1 is 1.06 bits per heavy atom. The van der Waals surface area contributed by atoms with Crippen LogP contribution in [-0.2, 0) is 0 Å². The lowest BCUT2D eigenvalue weighted by molar-refractivity contribution is -0.106. The summed E-state index contributed by atoms with van der Waals surface area (Å²) >= 11 is 5.87. The number of rotatable bonds is 6. The van der Waals surface area contributed by atoms with Crippen LogP contribution in [0.4, 0.5) is 27.8 Å². The highest BCUT2D eigenvalue weighted by molar-refractivity contribution is 6.34. The number of pyridine rings is 1. The molecule has 0 bridgehead atoms. The third-order valence-corrected chi connectivity index (χ3v) is 4.91. The van der Waals surface area contributed by atoms with Crippen LogP contribution in [0.3, 0.4) is 0 Å². The highest BCUT2D eigenvalue weighted by atomic mass is 35.5. The molecule has 0 aliphatic heterocycles. The van der Waals surface area contributed by atoms with Crippen LogP contribution in [0.2, 0.25) is 5.02 Å². The largest absolute Gasteiger partial charge is 0.382 e. The van der Waals surface area contributed by atoms with Gasteiger partial charge < -0.3 is 16.2 Å². The average molecular weight is 472 g/mol. The van der Waals surface area contributed by atoms with Crippen LogP contribution in [0.1, 0.15) is 22.0 Å². The molecule has 1 aromatic heterocycles. The number of hydrogen-bond donors (Lipinski definition) is 3. The molecule has 4 N–H and O–H groups in total. The van der Waals surface area contributed by atoms with Crippen molar-refractivity contribution in [3.05, 3.63) is 82.3 Å². The minimum atomic E-state index is -3.89. The van der Waals surface area contributed by atoms with E-state index < -0.39 is 58.3 Å². The second-order valence-corrected chi connectivity index (χ2v) is 7.15. The van der Waals surface area contributed by atoms with Gasteiger partial charge >= 0.3 is 0 Å². The molecular formula is C21H15ClF5N3O2. The van der Waals surface area contributed by atoms with Gasteiger partial charge in [-0.25, -0.2) is 26.9 Å². The molecule has 1 atom stereocenters. The summed E-state index contributed by atoms with van der Waals surface area (Å²) in [4.78, 5) is 16.0. The number of nitrogens with two attached hydrogens (primary N) is 1. The number of amides is 1. The first-order chi connectivity index (χ1) is 15.0. The Morgan fingerprint density at radius 2 is 1.69 bits per heavy atom. The van der Waals surface area contributed by atoms with Gasteiger partial charge in [0.15, 0.2) is 11.6 Å². The maximum Gasteiger partial charge on any atom is 0.294 e. The second kappa shape index (κ2) is 9.09. The number of carbonyl (C=O) groups is 1. The van der Waals surface area contributed by atoms with E-state index >= 15 is 4.39 Å². The van der Waals surface area contributed by atoms with E-state index in [1.54, 1.807) is 0 Å². The summed E-state index contributed by atoms with van der Waals surface area (Å²) in [5, 5.41) is 11.3. The van der Waals surface area contributed by atoms with Gasteiger partial charge in [0.1, 0.15) is 17.7 Å². The summed E-state index contributed by atoms with van der Waals surface area (Å²) in [5.74, 6) is -8.69. The van der Waals surface area contributed by atoms with Crippen molar-refractivity contribution in [3.63, 3.8) is 0 Å². The van der Waals surface area contributed by atoms with E-state index in [9.17, 15) is 27.5 Å². The third kappa shape index (κ3) is 4.66. The molecule has 0 saturated carbocycles. The molecule has 168 valence electrons. The molecule has 0 saturated heterocycles. The van der Waals surface area contributed by atoms with Crippen molar-refractivity contribution in [2.45, 2.75) is 12.0 Å². The lowest BCUT2D eigenvalue weighted by Gasteiger charge is -2.23. The zero-order valence-corrected chi connectivity index (χ0v) is 16.8. The molecule has 11 heteroatoms. The number of benzene rings is 2. The molecule has 0 fully saturated rings. The number of nitrogens with zero attached hydrogens (tertiary/aromatic N) is 1. The van der Waals surface area contributed by atoms with Crippen molar-refractivity contribution in [1.29, 1.82) is 0 Å². The number of aromatic nitrogens is 1. The number of carbonyl (C=O) groups excluding carboxylic acids is 1. The van der Waals surface area contributed by atoms with Crippen LogP contribution in [0.25, 0.3) is 11.1 Å². The van der Waals surface area contributed by atoms with E-state index in [1.165, 1.54) is 0 Å². The molecule has 5 nitrogen and oxygen atoms in total. The van der Waals surface area contributed by atoms with Gasteiger partial charge in [-0.15, -0.1) is 0 Å². The first-order valence-electron chi connectivity index (χ1n) is 9.01. The standard InChI is InChI=1S/C21H15ClF5N3O2/c22-14-6-5-12(13-7-8-29-19(28)17(13)25)16(24)15(14)20(32)30-9-21(26,27)18(31)10-1-3-11(23)4-2-10/h1-8,18,31H,9H2,(H2,28,29)(H,30,32). The predicted octanol–water partition coefficient (Wildman–Crippen LogP) is 4.50. The summed E-state index contributed by atoms with van der Waals surface area (Å²) in [6, 6.07) is 7.01. The van der Waals surface area contributed by atoms with E-state index in [-0.39, 0.29) is 16.7 Å². The molecule has 0 spiro atoms. The molecule has 1 heterocycles. The van der Waals surface area contributed by atoms with Crippen LogP contribution in [0.5, 0.6) is 0 Å². The van der Waals surface area contributed by atoms with E-state index in [0.717, 1.165) is 48.7 Å². The Balaban J connectivity index is 1.85. The molecule has 3 aromatic rings. The summed E-state index contributed by atoms with van der Waals surface area (Å²) in [7, 11) is 0. The van der Waals surface area contributed by atoms with E-state index in [2.05, 4.69) is 4.98 Å². The Kier molecular flexibility index (Phi) is 6.65. The summed E-state index contributed by atoms with van der Waals surface area (Å²) in [6.45, 7) is -1.39. The van der Waals surface area contributed by atoms with Crippen LogP contribution in [0, 0.1) is 17.5 Å². The summed E-state index contributed by atoms with van der Waals surface area (Å²) in [6.07, 6.45) is -1.25. The SMILES string of the molecule is Nc1nccc(-c2ccc(Cl)c(C(=O)NCC(F)(F)C(O)c3ccc(F)cc3)c2F)c1F. The highest BCUT2D eigenvalue weighted by Gasteiger charge is 2.40. The number of halogens is 6. The van der Waals surface area contributed by atoms with Crippen LogP contribution in [-0.4, -0.2) is 28.5 Å². The van der Waals surface area contributed by atoms with Crippen molar-refractivity contribution in [2.75, 3.05) is 12.3 Å². The summed E-state index contributed by atoms with van der Waals surface area (Å²) < 4.78 is 71.0. The van der Waals surface area contributed by atoms with Gasteiger partial charge in [0.25, 0.3) is 11.8 Å². The minimum absolute atomic E-state index is 0.289. The topological polar surface area (TPSA) is 88.2 Å². The monoisotopic (exact) mass is 471 g/mol. The Hall–Kier alpha value is -3.24. The Bertz CT molecular complexity index is 1160. The van der Waals surface area contributed by atoms with Crippen molar-refractivity contribution in [3.8, 4) is 11.1 Å². The predicted molar refractivity (Wildman–Crippen MR) is 108 cm³/mol. The lowest BCUT2D eigenvalue weighted by atomic mass is 10.0. The fourth-order valence-corrected chi connectivity index (χ4v) is 3.14. The number of nitrogens with one attached hydrogen (secondary N) is 1. The number of nitrogen functional groups attached to an aromatic ring is 1. The molecule has 3 rings (SSSR count). The van der Waals surface area contributed by atoms with E-state index in [0.29, 0.717) is 0 Å². The number of hydrogen-bond acceptors (Lipinski definition) is 4. The zero-order valence-electron chi connectivity index (χ0n) is 16.1. The Labute approximate surface area is 183 Å².